The molecule has 0 saturated carbocycles. The molecule has 1 aliphatic rings. The summed E-state index contributed by atoms with van der Waals surface area (Å²) >= 11 is 0. The smallest absolute Gasteiger partial charge is 0.274 e. The zero-order valence-corrected chi connectivity index (χ0v) is 13.4. The fraction of sp³-hybridized carbons (Fsp3) is 0.353. The number of nitrogens with zero attached hydrogens (tertiary/aromatic N) is 3. The summed E-state index contributed by atoms with van der Waals surface area (Å²) in [6, 6.07) is 6.11. The normalized spacial score (nSPS) is 14.6. The van der Waals surface area contributed by atoms with Crippen LogP contribution in [0.4, 0.5) is 11.5 Å². The van der Waals surface area contributed by atoms with Crippen LogP contribution in [0.15, 0.2) is 30.6 Å². The van der Waals surface area contributed by atoms with E-state index in [0.717, 1.165) is 5.69 Å². The first kappa shape index (κ1) is 15.4. The van der Waals surface area contributed by atoms with Gasteiger partial charge >= 0.3 is 0 Å². The van der Waals surface area contributed by atoms with E-state index >= 15 is 0 Å². The molecule has 2 heterocycles. The van der Waals surface area contributed by atoms with Gasteiger partial charge in [-0.25, -0.2) is 9.97 Å². The first-order valence-electron chi connectivity index (χ1n) is 7.67. The van der Waals surface area contributed by atoms with E-state index in [-0.39, 0.29) is 5.91 Å². The Balaban J connectivity index is 1.68. The van der Waals surface area contributed by atoms with E-state index in [9.17, 15) is 4.79 Å². The lowest BCUT2D eigenvalue weighted by Gasteiger charge is -2.26. The number of benzene rings is 1. The van der Waals surface area contributed by atoms with Gasteiger partial charge in [0.1, 0.15) is 11.5 Å². The third-order valence-electron chi connectivity index (χ3n) is 3.95. The largest absolute Gasteiger partial charge is 0.378 e. The molecule has 1 fully saturated rings. The first-order valence-corrected chi connectivity index (χ1v) is 7.67. The van der Waals surface area contributed by atoms with Gasteiger partial charge in [-0.15, -0.1) is 0 Å². The summed E-state index contributed by atoms with van der Waals surface area (Å²) in [5, 5.41) is 3.20. The van der Waals surface area contributed by atoms with E-state index in [1.165, 1.54) is 17.3 Å². The Kier molecular flexibility index (Phi) is 4.52. The van der Waals surface area contributed by atoms with Gasteiger partial charge in [-0.1, -0.05) is 6.07 Å². The lowest BCUT2D eigenvalue weighted by Crippen LogP contribution is -2.41. The van der Waals surface area contributed by atoms with Gasteiger partial charge in [-0.05, 0) is 37.1 Å². The summed E-state index contributed by atoms with van der Waals surface area (Å²) in [4.78, 5) is 22.6. The Bertz CT molecular complexity index is 694. The molecule has 6 heteroatoms. The predicted octanol–water partition coefficient (Wildman–Crippen LogP) is 2.31. The zero-order valence-electron chi connectivity index (χ0n) is 13.4. The predicted molar refractivity (Wildman–Crippen MR) is 88.0 cm³/mol. The van der Waals surface area contributed by atoms with Crippen LogP contribution in [0.25, 0.3) is 0 Å². The number of amides is 1. The molecule has 0 spiro atoms. The minimum atomic E-state index is -0.0986. The van der Waals surface area contributed by atoms with Gasteiger partial charge in [0.25, 0.3) is 5.91 Å². The molecule has 0 bridgehead atoms. The molecule has 0 unspecified atom stereocenters. The molecule has 1 aromatic carbocycles. The number of rotatable bonds is 3. The van der Waals surface area contributed by atoms with Crippen LogP contribution in [-0.2, 0) is 4.74 Å². The van der Waals surface area contributed by atoms with Gasteiger partial charge in [-0.2, -0.15) is 0 Å². The van der Waals surface area contributed by atoms with Crippen LogP contribution in [0.1, 0.15) is 21.6 Å². The number of aryl methyl sites for hydroxylation is 2. The Morgan fingerprint density at radius 2 is 1.91 bits per heavy atom. The van der Waals surface area contributed by atoms with E-state index < -0.39 is 0 Å². The van der Waals surface area contributed by atoms with Crippen LogP contribution >= 0.6 is 0 Å². The standard InChI is InChI=1S/C17H20N4O2/c1-12-3-4-14(9-13(12)2)20-16-11-18-15(10-19-16)17(22)21-5-7-23-8-6-21/h3-4,9-11H,5-8H2,1-2H3,(H,19,20). The number of nitrogens with one attached hydrogen (secondary N) is 1. The van der Waals surface area contributed by atoms with Crippen LogP contribution in [0.3, 0.4) is 0 Å². The highest BCUT2D eigenvalue weighted by Crippen LogP contribution is 2.18. The summed E-state index contributed by atoms with van der Waals surface area (Å²) in [6.45, 7) is 6.49. The minimum Gasteiger partial charge on any atom is -0.378 e. The number of carbonyl (C=O) groups is 1. The molecule has 1 saturated heterocycles. The maximum Gasteiger partial charge on any atom is 0.274 e. The van der Waals surface area contributed by atoms with Gasteiger partial charge in [-0.3, -0.25) is 4.79 Å². The lowest BCUT2D eigenvalue weighted by molar-refractivity contribution is 0.0298. The summed E-state index contributed by atoms with van der Waals surface area (Å²) in [6.07, 6.45) is 3.10. The zero-order chi connectivity index (χ0) is 16.2. The molecule has 120 valence electrons. The molecular weight excluding hydrogens is 292 g/mol. The molecule has 1 N–H and O–H groups in total. The van der Waals surface area contributed by atoms with Crippen LogP contribution in [0.2, 0.25) is 0 Å². The van der Waals surface area contributed by atoms with Gasteiger partial charge in [0.05, 0.1) is 25.6 Å². The minimum absolute atomic E-state index is 0.0986. The SMILES string of the molecule is Cc1ccc(Nc2cnc(C(=O)N3CCOCC3)cn2)cc1C. The summed E-state index contributed by atoms with van der Waals surface area (Å²) < 4.78 is 5.25. The highest BCUT2D eigenvalue weighted by molar-refractivity contribution is 5.92. The number of hydrogen-bond donors (Lipinski definition) is 1. The maximum absolute atomic E-state index is 12.3. The van der Waals surface area contributed by atoms with Gasteiger partial charge in [0, 0.05) is 18.8 Å². The number of aromatic nitrogens is 2. The van der Waals surface area contributed by atoms with Gasteiger partial charge in [0.15, 0.2) is 0 Å². The highest BCUT2D eigenvalue weighted by atomic mass is 16.5. The Morgan fingerprint density at radius 3 is 2.57 bits per heavy atom. The molecule has 3 rings (SSSR count). The molecule has 23 heavy (non-hydrogen) atoms. The van der Waals surface area contributed by atoms with E-state index in [4.69, 9.17) is 4.74 Å². The highest BCUT2D eigenvalue weighted by Gasteiger charge is 2.19. The van der Waals surface area contributed by atoms with Crippen molar-refractivity contribution in [3.8, 4) is 0 Å². The van der Waals surface area contributed by atoms with Crippen LogP contribution in [-0.4, -0.2) is 47.1 Å². The Hall–Kier alpha value is -2.47. The van der Waals surface area contributed by atoms with Crippen molar-refractivity contribution >= 4 is 17.4 Å². The van der Waals surface area contributed by atoms with Gasteiger partial charge < -0.3 is 15.0 Å². The summed E-state index contributed by atoms with van der Waals surface area (Å²) in [5.74, 6) is 0.519. The second kappa shape index (κ2) is 6.75. The second-order valence-electron chi connectivity index (χ2n) is 5.62. The van der Waals surface area contributed by atoms with Crippen molar-refractivity contribution in [1.82, 2.24) is 14.9 Å². The number of ether oxygens (including phenoxy) is 1. The molecular formula is C17H20N4O2. The first-order chi connectivity index (χ1) is 11.1. The third kappa shape index (κ3) is 3.65. The average Bonchev–Trinajstić information content (AvgIpc) is 2.59. The van der Waals surface area contributed by atoms with E-state index in [0.29, 0.717) is 37.8 Å². The summed E-state index contributed by atoms with van der Waals surface area (Å²) in [7, 11) is 0. The average molecular weight is 312 g/mol. The van der Waals surface area contributed by atoms with Crippen molar-refractivity contribution in [2.45, 2.75) is 13.8 Å². The van der Waals surface area contributed by atoms with E-state index in [1.54, 1.807) is 11.1 Å². The molecule has 0 atom stereocenters. The van der Waals surface area contributed by atoms with Crippen molar-refractivity contribution in [2.24, 2.45) is 0 Å². The van der Waals surface area contributed by atoms with Crippen LogP contribution < -0.4 is 5.32 Å². The molecule has 0 aliphatic carbocycles. The van der Waals surface area contributed by atoms with Gasteiger partial charge in [0.2, 0.25) is 0 Å². The summed E-state index contributed by atoms with van der Waals surface area (Å²) in [5.41, 5.74) is 3.77. The monoisotopic (exact) mass is 312 g/mol. The van der Waals surface area contributed by atoms with Crippen molar-refractivity contribution in [2.75, 3.05) is 31.6 Å². The molecule has 6 nitrogen and oxygen atoms in total. The number of morpholine rings is 1. The molecule has 1 amide bonds. The van der Waals surface area contributed by atoms with Crippen molar-refractivity contribution in [3.63, 3.8) is 0 Å². The number of hydrogen-bond acceptors (Lipinski definition) is 5. The number of anilines is 2. The topological polar surface area (TPSA) is 67.4 Å². The molecule has 0 radical (unpaired) electrons. The van der Waals surface area contributed by atoms with E-state index in [2.05, 4.69) is 41.3 Å². The fourth-order valence-corrected chi connectivity index (χ4v) is 2.40. The Labute approximate surface area is 135 Å². The quantitative estimate of drug-likeness (QED) is 0.942. The maximum atomic E-state index is 12.3. The second-order valence-corrected chi connectivity index (χ2v) is 5.62. The third-order valence-corrected chi connectivity index (χ3v) is 3.95. The number of carbonyl (C=O) groups excluding carboxylic acids is 1. The van der Waals surface area contributed by atoms with Crippen molar-refractivity contribution < 1.29 is 9.53 Å². The van der Waals surface area contributed by atoms with Crippen molar-refractivity contribution in [1.29, 1.82) is 0 Å². The van der Waals surface area contributed by atoms with Crippen LogP contribution in [0.5, 0.6) is 0 Å². The fourth-order valence-electron chi connectivity index (χ4n) is 2.40. The van der Waals surface area contributed by atoms with Crippen LogP contribution in [0, 0.1) is 13.8 Å². The molecule has 2 aromatic rings. The van der Waals surface area contributed by atoms with E-state index in [1.807, 2.05) is 6.07 Å². The molecule has 1 aromatic heterocycles. The van der Waals surface area contributed by atoms with Crippen molar-refractivity contribution in [3.05, 3.63) is 47.4 Å². The molecule has 1 aliphatic heterocycles. The lowest BCUT2D eigenvalue weighted by atomic mass is 10.1. The Morgan fingerprint density at radius 1 is 1.13 bits per heavy atom.